The van der Waals surface area contributed by atoms with Crippen molar-refractivity contribution in [2.75, 3.05) is 6.54 Å². The average molecular weight is 338 g/mol. The highest BCUT2D eigenvalue weighted by Crippen LogP contribution is 2.11. The van der Waals surface area contributed by atoms with Gasteiger partial charge in [-0.2, -0.15) is 0 Å². The van der Waals surface area contributed by atoms with Crippen molar-refractivity contribution < 1.29 is 14.0 Å². The molecule has 0 spiro atoms. The highest BCUT2D eigenvalue weighted by molar-refractivity contribution is 5.94. The number of carbonyl (C=O) groups excluding carboxylic acids is 2. The number of fused-ring (bicyclic) bond motifs is 1. The van der Waals surface area contributed by atoms with Crippen LogP contribution in [-0.4, -0.2) is 18.4 Å². The van der Waals surface area contributed by atoms with Crippen LogP contribution in [0.5, 0.6) is 0 Å². The number of hydrogen-bond acceptors (Lipinski definition) is 2. The topological polar surface area (TPSA) is 58.5 Å². The summed E-state index contributed by atoms with van der Waals surface area (Å²) >= 11 is 0. The number of nitrogens with one attached hydrogen (secondary N) is 1. The summed E-state index contributed by atoms with van der Waals surface area (Å²) in [6, 6.07) is 9.78. The van der Waals surface area contributed by atoms with E-state index in [9.17, 15) is 14.0 Å². The second kappa shape index (κ2) is 6.97. The predicted octanol–water partition coefficient (Wildman–Crippen LogP) is 1.82. The first-order chi connectivity index (χ1) is 12.0. The van der Waals surface area contributed by atoms with Crippen LogP contribution in [0.15, 0.2) is 41.4 Å². The molecule has 25 heavy (non-hydrogen) atoms. The van der Waals surface area contributed by atoms with Crippen molar-refractivity contribution in [2.24, 2.45) is 10.9 Å². The van der Waals surface area contributed by atoms with Crippen LogP contribution in [-0.2, 0) is 4.79 Å². The third kappa shape index (κ3) is 3.50. The Morgan fingerprint density at radius 3 is 2.64 bits per heavy atom. The lowest BCUT2D eigenvalue weighted by Gasteiger charge is -2.14. The van der Waals surface area contributed by atoms with Gasteiger partial charge >= 0.3 is 0 Å². The van der Waals surface area contributed by atoms with Gasteiger partial charge in [-0.25, -0.2) is 9.38 Å². The van der Waals surface area contributed by atoms with Crippen LogP contribution >= 0.6 is 0 Å². The summed E-state index contributed by atoms with van der Waals surface area (Å²) in [5.41, 5.74) is 2.04. The Hall–Kier alpha value is -2.82. The van der Waals surface area contributed by atoms with Crippen LogP contribution in [0.25, 0.3) is 6.08 Å². The van der Waals surface area contributed by atoms with Crippen LogP contribution in [0.4, 0.5) is 4.39 Å². The summed E-state index contributed by atoms with van der Waals surface area (Å²) in [6.07, 6.45) is 2.34. The van der Waals surface area contributed by atoms with E-state index >= 15 is 0 Å². The monoisotopic (exact) mass is 338 g/mol. The Morgan fingerprint density at radius 2 is 1.88 bits per heavy atom. The molecule has 2 aromatic carbocycles. The molecular weight excluding hydrogens is 319 g/mol. The number of rotatable bonds is 4. The average Bonchev–Trinajstić information content (AvgIpc) is 2.59. The summed E-state index contributed by atoms with van der Waals surface area (Å²) in [5, 5.41) is 4.37. The molecule has 0 saturated heterocycles. The first kappa shape index (κ1) is 17.0. The number of hydrogen-bond donors (Lipinski definition) is 1. The van der Waals surface area contributed by atoms with Gasteiger partial charge in [-0.1, -0.05) is 30.3 Å². The maximum Gasteiger partial charge on any atom is 0.254 e. The van der Waals surface area contributed by atoms with Gasteiger partial charge in [0.05, 0.1) is 16.8 Å². The SMILES string of the molecule is Cc1ccc(C)c2c1=CC(CCNC(=O)c1ccccc1F)C(=O)N=2. The minimum Gasteiger partial charge on any atom is -0.352 e. The van der Waals surface area contributed by atoms with E-state index in [2.05, 4.69) is 10.3 Å². The van der Waals surface area contributed by atoms with Crippen molar-refractivity contribution in [3.8, 4) is 0 Å². The quantitative estimate of drug-likeness (QED) is 0.924. The number of halogens is 1. The van der Waals surface area contributed by atoms with Gasteiger partial charge in [-0.15, -0.1) is 0 Å². The third-order valence-corrected chi connectivity index (χ3v) is 4.40. The van der Waals surface area contributed by atoms with E-state index in [1.54, 1.807) is 6.07 Å². The van der Waals surface area contributed by atoms with Crippen molar-refractivity contribution in [1.29, 1.82) is 0 Å². The van der Waals surface area contributed by atoms with Crippen molar-refractivity contribution in [2.45, 2.75) is 20.3 Å². The van der Waals surface area contributed by atoms with E-state index in [4.69, 9.17) is 0 Å². The fourth-order valence-electron chi connectivity index (χ4n) is 2.93. The third-order valence-electron chi connectivity index (χ3n) is 4.40. The maximum absolute atomic E-state index is 13.6. The Morgan fingerprint density at radius 1 is 1.16 bits per heavy atom. The smallest absolute Gasteiger partial charge is 0.254 e. The van der Waals surface area contributed by atoms with E-state index in [1.165, 1.54) is 18.2 Å². The molecule has 2 aromatic rings. The number of nitrogens with zero attached hydrogens (tertiary/aromatic N) is 1. The van der Waals surface area contributed by atoms with Gasteiger partial charge in [0.1, 0.15) is 5.82 Å². The summed E-state index contributed by atoms with van der Waals surface area (Å²) in [6.45, 7) is 4.19. The van der Waals surface area contributed by atoms with E-state index in [0.717, 1.165) is 21.7 Å². The molecule has 0 radical (unpaired) electrons. The molecule has 128 valence electrons. The molecule has 5 heteroatoms. The molecule has 0 fully saturated rings. The Bertz CT molecular complexity index is 966. The Kier molecular flexibility index (Phi) is 4.74. The van der Waals surface area contributed by atoms with Gasteiger partial charge < -0.3 is 5.32 Å². The molecule has 0 bridgehead atoms. The van der Waals surface area contributed by atoms with Gasteiger partial charge in [-0.05, 0) is 43.5 Å². The van der Waals surface area contributed by atoms with Crippen LogP contribution in [0.1, 0.15) is 27.9 Å². The zero-order valence-electron chi connectivity index (χ0n) is 14.2. The van der Waals surface area contributed by atoms with Crippen LogP contribution in [0, 0.1) is 25.6 Å². The molecule has 1 atom stereocenters. The fourth-order valence-corrected chi connectivity index (χ4v) is 2.93. The summed E-state index contributed by atoms with van der Waals surface area (Å²) in [4.78, 5) is 28.5. The lowest BCUT2D eigenvalue weighted by Crippen LogP contribution is -2.38. The summed E-state index contributed by atoms with van der Waals surface area (Å²) in [5.74, 6) is -1.63. The Balaban J connectivity index is 1.71. The molecule has 1 heterocycles. The molecule has 1 unspecified atom stereocenters. The van der Waals surface area contributed by atoms with Gasteiger partial charge in [0.15, 0.2) is 0 Å². The zero-order chi connectivity index (χ0) is 18.0. The molecular formula is C20H19FN2O2. The molecule has 4 nitrogen and oxygen atoms in total. The largest absolute Gasteiger partial charge is 0.352 e. The molecule has 2 amide bonds. The van der Waals surface area contributed by atoms with E-state index in [1.807, 2.05) is 32.1 Å². The summed E-state index contributed by atoms with van der Waals surface area (Å²) < 4.78 is 13.6. The first-order valence-corrected chi connectivity index (χ1v) is 8.20. The molecule has 1 aliphatic heterocycles. The second-order valence-corrected chi connectivity index (χ2v) is 6.21. The highest BCUT2D eigenvalue weighted by atomic mass is 19.1. The minimum atomic E-state index is -0.560. The highest BCUT2D eigenvalue weighted by Gasteiger charge is 2.20. The normalized spacial score (nSPS) is 15.8. The molecule has 1 aliphatic rings. The van der Waals surface area contributed by atoms with Crippen LogP contribution in [0.3, 0.4) is 0 Å². The lowest BCUT2D eigenvalue weighted by molar-refractivity contribution is -0.120. The number of amides is 2. The molecule has 3 rings (SSSR count). The van der Waals surface area contributed by atoms with Gasteiger partial charge in [0.2, 0.25) is 0 Å². The van der Waals surface area contributed by atoms with E-state index < -0.39 is 11.7 Å². The molecule has 0 saturated carbocycles. The number of aryl methyl sites for hydroxylation is 2. The first-order valence-electron chi connectivity index (χ1n) is 8.20. The zero-order valence-corrected chi connectivity index (χ0v) is 14.2. The lowest BCUT2D eigenvalue weighted by atomic mass is 9.97. The molecule has 0 aliphatic carbocycles. The van der Waals surface area contributed by atoms with Crippen molar-refractivity contribution in [1.82, 2.24) is 5.32 Å². The van der Waals surface area contributed by atoms with Gasteiger partial charge in [0.25, 0.3) is 11.8 Å². The standard InChI is InChI=1S/C20H19FN2O2/c1-12-7-8-13(2)18-16(12)11-14(19(24)23-18)9-10-22-20(25)15-5-3-4-6-17(15)21/h3-8,11,14H,9-10H2,1-2H3,(H,22,25). The number of benzene rings is 2. The fraction of sp³-hybridized carbons (Fsp3) is 0.250. The van der Waals surface area contributed by atoms with E-state index in [0.29, 0.717) is 6.42 Å². The van der Waals surface area contributed by atoms with Gasteiger partial charge in [-0.3, -0.25) is 9.59 Å². The van der Waals surface area contributed by atoms with Crippen molar-refractivity contribution in [3.05, 3.63) is 69.5 Å². The number of carbonyl (C=O) groups is 2. The molecule has 0 aromatic heterocycles. The van der Waals surface area contributed by atoms with E-state index in [-0.39, 0.29) is 23.9 Å². The summed E-state index contributed by atoms with van der Waals surface area (Å²) in [7, 11) is 0. The van der Waals surface area contributed by atoms with Gasteiger partial charge in [0, 0.05) is 11.8 Å². The Labute approximate surface area is 145 Å². The molecule has 1 N–H and O–H groups in total. The van der Waals surface area contributed by atoms with Crippen LogP contribution < -0.4 is 15.9 Å². The van der Waals surface area contributed by atoms with Crippen LogP contribution in [0.2, 0.25) is 0 Å². The maximum atomic E-state index is 13.6. The predicted molar refractivity (Wildman–Crippen MR) is 93.0 cm³/mol. The van der Waals surface area contributed by atoms with Crippen molar-refractivity contribution >= 4 is 17.9 Å². The van der Waals surface area contributed by atoms with Crippen molar-refractivity contribution in [3.63, 3.8) is 0 Å². The minimum absolute atomic E-state index is 0.00273. The second-order valence-electron chi connectivity index (χ2n) is 6.21.